The molecule has 0 aliphatic carbocycles. The number of amides is 2. The largest absolute Gasteiger partial charge is 0.375 e. The Morgan fingerprint density at radius 3 is 2.71 bits per heavy atom. The smallest absolute Gasteiger partial charge is 0.253 e. The van der Waals surface area contributed by atoms with Crippen molar-refractivity contribution in [2.24, 2.45) is 0 Å². The van der Waals surface area contributed by atoms with Gasteiger partial charge in [0.1, 0.15) is 6.10 Å². The van der Waals surface area contributed by atoms with Gasteiger partial charge in [-0.05, 0) is 49.6 Å². The molecule has 0 bridgehead atoms. The molecule has 2 N–H and O–H groups in total. The molecule has 1 fully saturated rings. The molecule has 3 rings (SSSR count). The molecule has 0 aromatic heterocycles. The summed E-state index contributed by atoms with van der Waals surface area (Å²) >= 11 is 0. The lowest BCUT2D eigenvalue weighted by molar-refractivity contribution is -0.124. The number of benzene rings is 2. The molecule has 1 heterocycles. The molecule has 1 aliphatic rings. The molecule has 28 heavy (non-hydrogen) atoms. The topological polar surface area (TPSA) is 70.7 Å². The van der Waals surface area contributed by atoms with E-state index < -0.39 is 0 Å². The SMILES string of the molecule is CN(CCCNC(=O)c1cccc(NC(=O)C2CCCO2)c1)c1ccccc1. The van der Waals surface area contributed by atoms with Crippen molar-refractivity contribution in [2.75, 3.05) is 37.0 Å². The monoisotopic (exact) mass is 381 g/mol. The highest BCUT2D eigenvalue weighted by Crippen LogP contribution is 2.16. The predicted molar refractivity (Wildman–Crippen MR) is 111 cm³/mol. The van der Waals surface area contributed by atoms with Crippen molar-refractivity contribution >= 4 is 23.2 Å². The molecular weight excluding hydrogens is 354 g/mol. The zero-order chi connectivity index (χ0) is 19.8. The summed E-state index contributed by atoms with van der Waals surface area (Å²) in [7, 11) is 2.04. The molecule has 0 radical (unpaired) electrons. The highest BCUT2D eigenvalue weighted by atomic mass is 16.5. The molecule has 1 unspecified atom stereocenters. The van der Waals surface area contributed by atoms with Crippen molar-refractivity contribution in [3.63, 3.8) is 0 Å². The lowest BCUT2D eigenvalue weighted by Gasteiger charge is -2.19. The van der Waals surface area contributed by atoms with Crippen LogP contribution < -0.4 is 15.5 Å². The minimum Gasteiger partial charge on any atom is -0.375 e. The summed E-state index contributed by atoms with van der Waals surface area (Å²) in [4.78, 5) is 26.7. The number of ether oxygens (including phenoxy) is 1. The molecule has 1 saturated heterocycles. The summed E-state index contributed by atoms with van der Waals surface area (Å²) in [6.45, 7) is 2.06. The Hall–Kier alpha value is -2.86. The average molecular weight is 381 g/mol. The summed E-state index contributed by atoms with van der Waals surface area (Å²) in [6.07, 6.45) is 2.09. The lowest BCUT2D eigenvalue weighted by atomic mass is 10.1. The minimum atomic E-state index is -0.390. The quantitative estimate of drug-likeness (QED) is 0.690. The summed E-state index contributed by atoms with van der Waals surface area (Å²) in [5, 5.41) is 5.77. The number of nitrogens with zero attached hydrogens (tertiary/aromatic N) is 1. The summed E-state index contributed by atoms with van der Waals surface area (Å²) in [5.41, 5.74) is 2.29. The van der Waals surface area contributed by atoms with Gasteiger partial charge in [0.25, 0.3) is 11.8 Å². The zero-order valence-electron chi connectivity index (χ0n) is 16.2. The van der Waals surface area contributed by atoms with Crippen LogP contribution in [0.15, 0.2) is 54.6 Å². The number of rotatable bonds is 8. The molecular formula is C22H27N3O3. The molecule has 6 nitrogen and oxygen atoms in total. The molecule has 2 aromatic carbocycles. The fourth-order valence-electron chi connectivity index (χ4n) is 3.18. The highest BCUT2D eigenvalue weighted by Gasteiger charge is 2.23. The minimum absolute atomic E-state index is 0.143. The first kappa shape index (κ1) is 19.9. The number of anilines is 2. The van der Waals surface area contributed by atoms with E-state index in [0.29, 0.717) is 24.4 Å². The maximum atomic E-state index is 12.4. The Morgan fingerprint density at radius 1 is 1.14 bits per heavy atom. The molecule has 148 valence electrons. The van der Waals surface area contributed by atoms with E-state index in [1.165, 1.54) is 0 Å². The lowest BCUT2D eigenvalue weighted by Crippen LogP contribution is -2.29. The van der Waals surface area contributed by atoms with Crippen LogP contribution in [-0.4, -0.2) is 44.7 Å². The van der Waals surface area contributed by atoms with Crippen molar-refractivity contribution in [2.45, 2.75) is 25.4 Å². The second-order valence-corrected chi connectivity index (χ2v) is 6.94. The van der Waals surface area contributed by atoms with E-state index in [1.54, 1.807) is 24.3 Å². The van der Waals surface area contributed by atoms with E-state index in [2.05, 4.69) is 27.7 Å². The maximum absolute atomic E-state index is 12.4. The molecule has 6 heteroatoms. The number of carbonyl (C=O) groups is 2. The van der Waals surface area contributed by atoms with Gasteiger partial charge in [-0.2, -0.15) is 0 Å². The van der Waals surface area contributed by atoms with Crippen LogP contribution in [0.5, 0.6) is 0 Å². The van der Waals surface area contributed by atoms with Gasteiger partial charge in [-0.1, -0.05) is 24.3 Å². The highest BCUT2D eigenvalue weighted by molar-refractivity contribution is 5.98. The van der Waals surface area contributed by atoms with E-state index in [4.69, 9.17) is 4.74 Å². The number of hydrogen-bond donors (Lipinski definition) is 2. The van der Waals surface area contributed by atoms with Crippen molar-refractivity contribution in [3.8, 4) is 0 Å². The molecule has 1 atom stereocenters. The molecule has 0 saturated carbocycles. The van der Waals surface area contributed by atoms with Crippen LogP contribution in [-0.2, 0) is 9.53 Å². The Labute approximate surface area is 165 Å². The second kappa shape index (κ2) is 9.90. The first-order valence-electron chi connectivity index (χ1n) is 9.70. The summed E-state index contributed by atoms with van der Waals surface area (Å²) in [5.74, 6) is -0.297. The van der Waals surface area contributed by atoms with Crippen LogP contribution in [0.2, 0.25) is 0 Å². The standard InChI is InChI=1S/C22H27N3O3/c1-25(19-10-3-2-4-11-19)14-7-13-23-21(26)17-8-5-9-18(16-17)24-22(27)20-12-6-15-28-20/h2-5,8-11,16,20H,6-7,12-15H2,1H3,(H,23,26)(H,24,27). The van der Waals surface area contributed by atoms with Gasteiger partial charge in [-0.3, -0.25) is 9.59 Å². The Morgan fingerprint density at radius 2 is 1.96 bits per heavy atom. The van der Waals surface area contributed by atoms with E-state index in [9.17, 15) is 9.59 Å². The van der Waals surface area contributed by atoms with Crippen LogP contribution in [0.1, 0.15) is 29.6 Å². The molecule has 1 aliphatic heterocycles. The van der Waals surface area contributed by atoms with Crippen LogP contribution in [0, 0.1) is 0 Å². The van der Waals surface area contributed by atoms with Gasteiger partial charge in [0.2, 0.25) is 0 Å². The van der Waals surface area contributed by atoms with E-state index in [1.807, 2.05) is 25.2 Å². The summed E-state index contributed by atoms with van der Waals surface area (Å²) < 4.78 is 5.39. The fourth-order valence-corrected chi connectivity index (χ4v) is 3.18. The molecule has 2 amide bonds. The third-order valence-electron chi connectivity index (χ3n) is 4.77. The third-order valence-corrected chi connectivity index (χ3v) is 4.77. The first-order valence-corrected chi connectivity index (χ1v) is 9.70. The Bertz CT molecular complexity index is 789. The van der Waals surface area contributed by atoms with Gasteiger partial charge < -0.3 is 20.3 Å². The Kier molecular flexibility index (Phi) is 7.03. The van der Waals surface area contributed by atoms with Gasteiger partial charge in [0.05, 0.1) is 0 Å². The Balaban J connectivity index is 1.44. The summed E-state index contributed by atoms with van der Waals surface area (Å²) in [6, 6.07) is 17.1. The van der Waals surface area contributed by atoms with Crippen molar-refractivity contribution in [1.29, 1.82) is 0 Å². The third kappa shape index (κ3) is 5.57. The van der Waals surface area contributed by atoms with Gasteiger partial charge >= 0.3 is 0 Å². The normalized spacial score (nSPS) is 15.8. The molecule has 0 spiro atoms. The average Bonchev–Trinajstić information content (AvgIpc) is 3.27. The van der Waals surface area contributed by atoms with E-state index in [-0.39, 0.29) is 17.9 Å². The van der Waals surface area contributed by atoms with E-state index in [0.717, 1.165) is 31.5 Å². The number of para-hydroxylation sites is 1. The van der Waals surface area contributed by atoms with Crippen LogP contribution in [0.4, 0.5) is 11.4 Å². The fraction of sp³-hybridized carbons (Fsp3) is 0.364. The van der Waals surface area contributed by atoms with Gasteiger partial charge in [0.15, 0.2) is 0 Å². The van der Waals surface area contributed by atoms with Crippen LogP contribution in [0.25, 0.3) is 0 Å². The predicted octanol–water partition coefficient (Wildman–Crippen LogP) is 3.06. The first-order chi connectivity index (χ1) is 13.6. The van der Waals surface area contributed by atoms with E-state index >= 15 is 0 Å². The van der Waals surface area contributed by atoms with Gasteiger partial charge in [-0.15, -0.1) is 0 Å². The zero-order valence-corrected chi connectivity index (χ0v) is 16.2. The molecule has 2 aromatic rings. The van der Waals surface area contributed by atoms with Crippen LogP contribution >= 0.6 is 0 Å². The number of hydrogen-bond acceptors (Lipinski definition) is 4. The second-order valence-electron chi connectivity index (χ2n) is 6.94. The van der Waals surface area contributed by atoms with Crippen molar-refractivity contribution in [3.05, 3.63) is 60.2 Å². The number of nitrogens with one attached hydrogen (secondary N) is 2. The van der Waals surface area contributed by atoms with Crippen molar-refractivity contribution in [1.82, 2.24) is 5.32 Å². The van der Waals surface area contributed by atoms with Gasteiger partial charge in [0, 0.05) is 43.7 Å². The maximum Gasteiger partial charge on any atom is 0.253 e. The van der Waals surface area contributed by atoms with Crippen LogP contribution in [0.3, 0.4) is 0 Å². The van der Waals surface area contributed by atoms with Crippen molar-refractivity contribution < 1.29 is 14.3 Å². The number of carbonyl (C=O) groups excluding carboxylic acids is 2. The van der Waals surface area contributed by atoms with Gasteiger partial charge in [-0.25, -0.2) is 0 Å².